The van der Waals surface area contributed by atoms with Gasteiger partial charge in [0.15, 0.2) is 0 Å². The Kier molecular flexibility index (Phi) is 10.2. The first-order valence-corrected chi connectivity index (χ1v) is 15.5. The summed E-state index contributed by atoms with van der Waals surface area (Å²) in [7, 11) is 0. The van der Waals surface area contributed by atoms with E-state index in [1.807, 2.05) is 0 Å². The first-order chi connectivity index (χ1) is 18.5. The molecule has 4 heteroatoms. The highest BCUT2D eigenvalue weighted by molar-refractivity contribution is 5.77. The summed E-state index contributed by atoms with van der Waals surface area (Å²) in [5.74, 6) is 0.291. The molecular weight excluding hydrogens is 506 g/mol. The summed E-state index contributed by atoms with van der Waals surface area (Å²) in [6.07, 6.45) is 5.13. The first-order valence-electron chi connectivity index (χ1n) is 15.5. The Hall–Kier alpha value is -2.49. The minimum absolute atomic E-state index is 0.148. The molecule has 0 saturated heterocycles. The van der Waals surface area contributed by atoms with Crippen LogP contribution in [0.15, 0.2) is 24.3 Å². The lowest BCUT2D eigenvalue weighted by atomic mass is 9.64. The van der Waals surface area contributed by atoms with Crippen molar-refractivity contribution in [3.05, 3.63) is 57.6 Å². The van der Waals surface area contributed by atoms with E-state index in [0.717, 1.165) is 65.5 Å². The molecule has 0 aromatic heterocycles. The van der Waals surface area contributed by atoms with Crippen molar-refractivity contribution in [3.8, 4) is 11.5 Å². The third kappa shape index (κ3) is 7.87. The number of benzene rings is 2. The number of amides is 1. The van der Waals surface area contributed by atoms with E-state index in [9.17, 15) is 15.0 Å². The Morgan fingerprint density at radius 2 is 0.927 bits per heavy atom. The quantitative estimate of drug-likeness (QED) is 0.265. The largest absolute Gasteiger partial charge is 0.507 e. The van der Waals surface area contributed by atoms with Gasteiger partial charge in [-0.05, 0) is 61.5 Å². The van der Waals surface area contributed by atoms with E-state index < -0.39 is 5.41 Å². The van der Waals surface area contributed by atoms with E-state index in [1.54, 1.807) is 0 Å². The van der Waals surface area contributed by atoms with Gasteiger partial charge in [0.05, 0.1) is 0 Å². The molecule has 0 saturated carbocycles. The average molecular weight is 566 g/mol. The number of nitrogens with two attached hydrogens (primary N) is 1. The van der Waals surface area contributed by atoms with Crippen LogP contribution in [0.25, 0.3) is 0 Å². The maximum Gasteiger partial charge on any atom is 0.218 e. The van der Waals surface area contributed by atoms with Crippen LogP contribution in [0.3, 0.4) is 0 Å². The van der Waals surface area contributed by atoms with Crippen molar-refractivity contribution in [2.45, 2.75) is 156 Å². The number of carbonyl (C=O) groups excluding carboxylic acids is 1. The molecule has 4 N–H and O–H groups in total. The number of rotatable bonds is 9. The molecule has 0 fully saturated rings. The smallest absolute Gasteiger partial charge is 0.218 e. The van der Waals surface area contributed by atoms with E-state index >= 15 is 0 Å². The van der Waals surface area contributed by atoms with E-state index in [-0.39, 0.29) is 34.0 Å². The van der Waals surface area contributed by atoms with Crippen LogP contribution in [-0.2, 0) is 31.9 Å². The Balaban J connectivity index is 3.21. The Labute approximate surface area is 251 Å². The van der Waals surface area contributed by atoms with Crippen LogP contribution in [0.4, 0.5) is 0 Å². The number of carbonyl (C=O) groups is 1. The predicted molar refractivity (Wildman–Crippen MR) is 174 cm³/mol. The Bertz CT molecular complexity index is 1080. The summed E-state index contributed by atoms with van der Waals surface area (Å²) in [5.41, 5.74) is 9.60. The molecule has 1 amide bonds. The number of phenolic OH excluding ortho intramolecular Hbond substituents is 2. The monoisotopic (exact) mass is 565 g/mol. The van der Waals surface area contributed by atoms with Gasteiger partial charge in [-0.2, -0.15) is 0 Å². The molecule has 2 aromatic carbocycles. The van der Waals surface area contributed by atoms with Crippen LogP contribution in [0, 0.1) is 0 Å². The van der Waals surface area contributed by atoms with Crippen molar-refractivity contribution in [2.24, 2.45) is 5.73 Å². The molecule has 0 heterocycles. The first kappa shape index (κ1) is 34.7. The zero-order valence-electron chi connectivity index (χ0n) is 28.4. The van der Waals surface area contributed by atoms with Gasteiger partial charge in [-0.25, -0.2) is 0 Å². The zero-order chi connectivity index (χ0) is 31.8. The molecule has 230 valence electrons. The van der Waals surface area contributed by atoms with Gasteiger partial charge in [0, 0.05) is 11.8 Å². The summed E-state index contributed by atoms with van der Waals surface area (Å²) in [6.45, 7) is 27.6. The number of hydrogen-bond donors (Lipinski definition) is 3. The van der Waals surface area contributed by atoms with Gasteiger partial charge < -0.3 is 15.9 Å². The molecule has 0 aliphatic rings. The molecule has 0 unspecified atom stereocenters. The fourth-order valence-electron chi connectivity index (χ4n) is 6.01. The topological polar surface area (TPSA) is 83.6 Å². The van der Waals surface area contributed by atoms with Crippen LogP contribution in [0.2, 0.25) is 0 Å². The minimum Gasteiger partial charge on any atom is -0.507 e. The molecule has 0 bridgehead atoms. The van der Waals surface area contributed by atoms with Crippen molar-refractivity contribution in [1.82, 2.24) is 0 Å². The number of phenols is 2. The van der Waals surface area contributed by atoms with E-state index in [0.29, 0.717) is 11.5 Å². The summed E-state index contributed by atoms with van der Waals surface area (Å²) in [6, 6.07) is 8.48. The Morgan fingerprint density at radius 3 is 1.17 bits per heavy atom. The van der Waals surface area contributed by atoms with Crippen LogP contribution < -0.4 is 5.73 Å². The molecule has 0 radical (unpaired) electrons. The van der Waals surface area contributed by atoms with Crippen molar-refractivity contribution in [3.63, 3.8) is 0 Å². The number of hydrogen-bond acceptors (Lipinski definition) is 3. The van der Waals surface area contributed by atoms with Crippen molar-refractivity contribution < 1.29 is 15.0 Å². The standard InChI is InChI=1S/C37H59NO3/c1-14-15-16-17-18-37(23-30(38)39,24-19-26(33(2,3)4)31(40)27(20-24)34(5,6)7)25-21-28(35(8,9)10)32(41)29(22-25)36(11,12)13/h19-22,40-41H,14-18,23H2,1-13H3,(H2,38,39). The summed E-state index contributed by atoms with van der Waals surface area (Å²) < 4.78 is 0. The average Bonchev–Trinajstić information content (AvgIpc) is 2.78. The second kappa shape index (κ2) is 12.0. The van der Waals surface area contributed by atoms with Gasteiger partial charge >= 0.3 is 0 Å². The lowest BCUT2D eigenvalue weighted by molar-refractivity contribution is -0.119. The maximum absolute atomic E-state index is 13.0. The number of unbranched alkanes of at least 4 members (excludes halogenated alkanes) is 3. The molecule has 0 atom stereocenters. The summed E-state index contributed by atoms with van der Waals surface area (Å²) >= 11 is 0. The van der Waals surface area contributed by atoms with Crippen molar-refractivity contribution in [2.75, 3.05) is 0 Å². The van der Waals surface area contributed by atoms with Crippen molar-refractivity contribution >= 4 is 5.91 Å². The molecular formula is C37H59NO3. The van der Waals surface area contributed by atoms with Gasteiger partial charge in [0.25, 0.3) is 0 Å². The predicted octanol–water partition coefficient (Wildman–Crippen LogP) is 9.42. The maximum atomic E-state index is 13.0. The van der Waals surface area contributed by atoms with Crippen LogP contribution in [0.5, 0.6) is 11.5 Å². The SMILES string of the molecule is CCCCCCC(CC(N)=O)(c1cc(C(C)(C)C)c(O)c(C(C)(C)C)c1)c1cc(C(C)(C)C)c(O)c(C(C)(C)C)c1. The fraction of sp³-hybridized carbons (Fsp3) is 0.649. The van der Waals surface area contributed by atoms with Gasteiger partial charge in [0.1, 0.15) is 11.5 Å². The molecule has 0 aliphatic heterocycles. The highest BCUT2D eigenvalue weighted by Gasteiger charge is 2.41. The molecule has 41 heavy (non-hydrogen) atoms. The summed E-state index contributed by atoms with van der Waals surface area (Å²) in [5, 5.41) is 23.1. The normalized spacial score (nSPS) is 13.5. The van der Waals surface area contributed by atoms with Gasteiger partial charge in [-0.15, -0.1) is 0 Å². The van der Waals surface area contributed by atoms with Crippen LogP contribution in [-0.4, -0.2) is 16.1 Å². The van der Waals surface area contributed by atoms with Gasteiger partial charge in [-0.3, -0.25) is 4.79 Å². The lowest BCUT2D eigenvalue weighted by Gasteiger charge is -2.39. The summed E-state index contributed by atoms with van der Waals surface area (Å²) in [4.78, 5) is 13.0. The van der Waals surface area contributed by atoms with E-state index in [4.69, 9.17) is 5.73 Å². The van der Waals surface area contributed by atoms with Crippen molar-refractivity contribution in [1.29, 1.82) is 0 Å². The molecule has 4 nitrogen and oxygen atoms in total. The second-order valence-electron chi connectivity index (χ2n) is 16.4. The van der Waals surface area contributed by atoms with Gasteiger partial charge in [-0.1, -0.05) is 140 Å². The third-order valence-corrected chi connectivity index (χ3v) is 8.49. The molecule has 0 spiro atoms. The lowest BCUT2D eigenvalue weighted by Crippen LogP contribution is -2.35. The van der Waals surface area contributed by atoms with Gasteiger partial charge in [0.2, 0.25) is 5.91 Å². The number of primary amides is 1. The van der Waals surface area contributed by atoms with Crippen LogP contribution in [0.1, 0.15) is 162 Å². The second-order valence-corrected chi connectivity index (χ2v) is 16.4. The van der Waals surface area contributed by atoms with E-state index in [1.165, 1.54) is 0 Å². The molecule has 2 aromatic rings. The zero-order valence-corrected chi connectivity index (χ0v) is 28.4. The van der Waals surface area contributed by atoms with Crippen LogP contribution >= 0.6 is 0 Å². The molecule has 0 aliphatic carbocycles. The Morgan fingerprint density at radius 1 is 0.610 bits per heavy atom. The highest BCUT2D eigenvalue weighted by Crippen LogP contribution is 2.50. The van der Waals surface area contributed by atoms with E-state index in [2.05, 4.69) is 114 Å². The molecule has 2 rings (SSSR count). The number of aromatic hydroxyl groups is 2. The fourth-order valence-corrected chi connectivity index (χ4v) is 6.01. The minimum atomic E-state index is -0.721. The highest BCUT2D eigenvalue weighted by atomic mass is 16.3. The third-order valence-electron chi connectivity index (χ3n) is 8.49.